The van der Waals surface area contributed by atoms with Gasteiger partial charge in [0.05, 0.1) is 0 Å². The van der Waals surface area contributed by atoms with Gasteiger partial charge in [0.25, 0.3) is 0 Å². The number of hydrogen-bond acceptors (Lipinski definition) is 2. The maximum Gasteiger partial charge on any atom is 0.319 e. The van der Waals surface area contributed by atoms with E-state index in [9.17, 15) is 4.79 Å². The van der Waals surface area contributed by atoms with Gasteiger partial charge in [-0.05, 0) is 53.7 Å². The Kier molecular flexibility index (Phi) is 6.91. The lowest BCUT2D eigenvalue weighted by Crippen LogP contribution is -2.30. The van der Waals surface area contributed by atoms with Crippen LogP contribution < -0.4 is 10.6 Å². The Morgan fingerprint density at radius 3 is 2.26 bits per heavy atom. The number of anilines is 1. The van der Waals surface area contributed by atoms with E-state index in [1.54, 1.807) is 0 Å². The third kappa shape index (κ3) is 5.70. The van der Waals surface area contributed by atoms with Crippen LogP contribution in [0.2, 0.25) is 0 Å². The van der Waals surface area contributed by atoms with E-state index in [4.69, 9.17) is 0 Å². The van der Waals surface area contributed by atoms with Crippen LogP contribution in [0, 0.1) is 0 Å². The maximum absolute atomic E-state index is 12.5. The van der Waals surface area contributed by atoms with E-state index in [0.717, 1.165) is 30.5 Å². The molecule has 0 saturated carbocycles. The molecule has 0 radical (unpaired) electrons. The van der Waals surface area contributed by atoms with Crippen molar-refractivity contribution < 1.29 is 4.79 Å². The molecule has 2 N–H and O–H groups in total. The van der Waals surface area contributed by atoms with Crippen molar-refractivity contribution in [3.8, 4) is 0 Å². The number of carbonyl (C=O) groups is 1. The monoisotopic (exact) mass is 409 g/mol. The summed E-state index contributed by atoms with van der Waals surface area (Å²) in [7, 11) is 0. The van der Waals surface area contributed by atoms with E-state index < -0.39 is 0 Å². The highest BCUT2D eigenvalue weighted by Crippen LogP contribution is 2.27. The van der Waals surface area contributed by atoms with Crippen molar-refractivity contribution in [2.24, 2.45) is 4.99 Å². The third-order valence-electron chi connectivity index (χ3n) is 5.49. The molecule has 0 saturated heterocycles. The topological polar surface area (TPSA) is 53.5 Å². The van der Waals surface area contributed by atoms with E-state index in [2.05, 4.69) is 70.2 Å². The summed E-state index contributed by atoms with van der Waals surface area (Å²) in [6.45, 7) is 0.583. The van der Waals surface area contributed by atoms with Gasteiger partial charge in [0.2, 0.25) is 0 Å². The second-order valence-electron chi connectivity index (χ2n) is 7.65. The van der Waals surface area contributed by atoms with E-state index in [-0.39, 0.29) is 11.9 Å². The zero-order chi connectivity index (χ0) is 21.3. The average Bonchev–Trinajstić information content (AvgIpc) is 2.84. The van der Waals surface area contributed by atoms with Gasteiger partial charge in [-0.25, -0.2) is 4.79 Å². The summed E-state index contributed by atoms with van der Waals surface area (Å²) >= 11 is 0. The van der Waals surface area contributed by atoms with Gasteiger partial charge in [-0.2, -0.15) is 0 Å². The first-order chi connectivity index (χ1) is 15.3. The van der Waals surface area contributed by atoms with E-state index in [1.807, 2.05) is 42.7 Å². The van der Waals surface area contributed by atoms with E-state index >= 15 is 0 Å². The number of allylic oxidation sites excluding steroid dienone is 1. The molecule has 0 aromatic heterocycles. The molecule has 1 heterocycles. The molecule has 0 atom stereocenters. The second-order valence-corrected chi connectivity index (χ2v) is 7.65. The highest BCUT2D eigenvalue weighted by molar-refractivity contribution is 5.90. The summed E-state index contributed by atoms with van der Waals surface area (Å²) in [5, 5.41) is 5.97. The van der Waals surface area contributed by atoms with Crippen LogP contribution in [0.5, 0.6) is 0 Å². The summed E-state index contributed by atoms with van der Waals surface area (Å²) in [6, 6.07) is 28.6. The number of aliphatic imine (C=N–C) groups is 1. The standard InChI is InChI=1S/C27H27N3O/c31-27(30-25-15-7-13-23(19-25)24-14-8-17-28-20-24)29-18-16-26(21-9-3-1-4-10-21)22-11-5-2-6-12-22/h1-7,9-13,15,17,19-20,26H,8,14,16,18H2,(H2,29,30,31). The third-order valence-corrected chi connectivity index (χ3v) is 5.49. The van der Waals surface area contributed by atoms with Gasteiger partial charge < -0.3 is 10.6 Å². The van der Waals surface area contributed by atoms with Crippen LogP contribution in [0.25, 0.3) is 5.57 Å². The highest BCUT2D eigenvalue weighted by Gasteiger charge is 2.14. The maximum atomic E-state index is 12.5. The molecular formula is C27H27N3O. The first kappa shape index (κ1) is 20.6. The van der Waals surface area contributed by atoms with Crippen molar-refractivity contribution in [1.82, 2.24) is 5.32 Å². The molecule has 0 spiro atoms. The number of amides is 2. The number of nitrogens with one attached hydrogen (secondary N) is 2. The molecule has 4 heteroatoms. The lowest BCUT2D eigenvalue weighted by molar-refractivity contribution is 0.252. The smallest absolute Gasteiger partial charge is 0.319 e. The summed E-state index contributed by atoms with van der Waals surface area (Å²) in [6.07, 6.45) is 6.58. The summed E-state index contributed by atoms with van der Waals surface area (Å²) in [5.74, 6) is 0.241. The molecule has 3 aromatic rings. The summed E-state index contributed by atoms with van der Waals surface area (Å²) < 4.78 is 0. The zero-order valence-electron chi connectivity index (χ0n) is 17.5. The Morgan fingerprint density at radius 2 is 1.61 bits per heavy atom. The van der Waals surface area contributed by atoms with Crippen LogP contribution >= 0.6 is 0 Å². The number of carbonyl (C=O) groups excluding carboxylic acids is 1. The van der Waals surface area contributed by atoms with Crippen molar-refractivity contribution in [3.63, 3.8) is 0 Å². The van der Waals surface area contributed by atoms with Crippen LogP contribution in [0.15, 0.2) is 96.1 Å². The minimum absolute atomic E-state index is 0.187. The van der Waals surface area contributed by atoms with Crippen LogP contribution in [0.1, 0.15) is 41.9 Å². The lowest BCUT2D eigenvalue weighted by atomic mass is 9.88. The molecule has 2 amide bonds. The summed E-state index contributed by atoms with van der Waals surface area (Å²) in [5.41, 5.74) is 5.59. The van der Waals surface area contributed by atoms with Crippen molar-refractivity contribution in [1.29, 1.82) is 0 Å². The molecular weight excluding hydrogens is 382 g/mol. The van der Waals surface area contributed by atoms with Crippen molar-refractivity contribution in [2.45, 2.75) is 25.2 Å². The van der Waals surface area contributed by atoms with Crippen molar-refractivity contribution in [3.05, 3.63) is 108 Å². The average molecular weight is 410 g/mol. The SMILES string of the molecule is O=C(NCCC(c1ccccc1)c1ccccc1)Nc1cccc(C2=CN=CCC2)c1. The molecule has 1 aliphatic rings. The lowest BCUT2D eigenvalue weighted by Gasteiger charge is -2.18. The van der Waals surface area contributed by atoms with E-state index in [0.29, 0.717) is 6.54 Å². The minimum atomic E-state index is -0.187. The summed E-state index contributed by atoms with van der Waals surface area (Å²) in [4.78, 5) is 16.7. The number of hydrogen-bond donors (Lipinski definition) is 2. The van der Waals surface area contributed by atoms with Gasteiger partial charge in [0, 0.05) is 30.6 Å². The number of benzene rings is 3. The molecule has 0 unspecified atom stereocenters. The Labute approximate surface area is 183 Å². The number of nitrogens with zero attached hydrogens (tertiary/aromatic N) is 1. The molecule has 156 valence electrons. The predicted molar refractivity (Wildman–Crippen MR) is 129 cm³/mol. The van der Waals surface area contributed by atoms with Crippen molar-refractivity contribution >= 4 is 23.5 Å². The first-order valence-corrected chi connectivity index (χ1v) is 10.8. The number of urea groups is 1. The predicted octanol–water partition coefficient (Wildman–Crippen LogP) is 6.24. The Bertz CT molecular complexity index is 1020. The molecule has 0 fully saturated rings. The molecule has 4 nitrogen and oxygen atoms in total. The minimum Gasteiger partial charge on any atom is -0.338 e. The molecule has 0 aliphatic carbocycles. The van der Waals surface area contributed by atoms with Gasteiger partial charge in [-0.3, -0.25) is 4.99 Å². The second kappa shape index (κ2) is 10.4. The number of rotatable bonds is 7. The normalized spacial score (nSPS) is 13.0. The molecule has 4 rings (SSSR count). The van der Waals surface area contributed by atoms with Crippen LogP contribution in [-0.4, -0.2) is 18.8 Å². The fraction of sp³-hybridized carbons (Fsp3) is 0.185. The fourth-order valence-electron chi connectivity index (χ4n) is 3.92. The Hall–Kier alpha value is -3.66. The molecule has 0 bridgehead atoms. The quantitative estimate of drug-likeness (QED) is 0.477. The highest BCUT2D eigenvalue weighted by atomic mass is 16.2. The van der Waals surface area contributed by atoms with Gasteiger partial charge in [-0.1, -0.05) is 72.8 Å². The molecule has 1 aliphatic heterocycles. The largest absolute Gasteiger partial charge is 0.338 e. The fourth-order valence-corrected chi connectivity index (χ4v) is 3.92. The van der Waals surface area contributed by atoms with Crippen LogP contribution in [-0.2, 0) is 0 Å². The zero-order valence-corrected chi connectivity index (χ0v) is 17.5. The van der Waals surface area contributed by atoms with E-state index in [1.165, 1.54) is 16.7 Å². The van der Waals surface area contributed by atoms with Crippen LogP contribution in [0.3, 0.4) is 0 Å². The van der Waals surface area contributed by atoms with Gasteiger partial charge in [-0.15, -0.1) is 0 Å². The molecule has 31 heavy (non-hydrogen) atoms. The van der Waals surface area contributed by atoms with Crippen LogP contribution in [0.4, 0.5) is 10.5 Å². The van der Waals surface area contributed by atoms with Gasteiger partial charge in [0.1, 0.15) is 0 Å². The van der Waals surface area contributed by atoms with Crippen molar-refractivity contribution in [2.75, 3.05) is 11.9 Å². The Balaban J connectivity index is 1.36. The van der Waals surface area contributed by atoms with Gasteiger partial charge >= 0.3 is 6.03 Å². The Morgan fingerprint density at radius 1 is 0.903 bits per heavy atom. The van der Waals surface area contributed by atoms with Gasteiger partial charge in [0.15, 0.2) is 0 Å². The molecule has 3 aromatic carbocycles. The first-order valence-electron chi connectivity index (χ1n) is 10.8.